The number of oxime groups is 1. The molecule has 0 saturated heterocycles. The van der Waals surface area contributed by atoms with E-state index in [9.17, 15) is 0 Å². The monoisotopic (exact) mass is 115 g/mol. The van der Waals surface area contributed by atoms with E-state index in [-0.39, 0.29) is 5.84 Å². The van der Waals surface area contributed by atoms with E-state index < -0.39 is 0 Å². The molecule has 4 nitrogen and oxygen atoms in total. The quantitative estimate of drug-likeness (QED) is 0.130. The highest BCUT2D eigenvalue weighted by molar-refractivity contribution is 6.08. The first-order chi connectivity index (χ1) is 3.81. The fourth-order valence-electron chi connectivity index (χ4n) is 0.288. The van der Waals surface area contributed by atoms with Crippen LogP contribution in [0.1, 0.15) is 0 Å². The average Bonchev–Trinajstić information content (AvgIpc) is 1.83. The molecule has 0 unspecified atom stereocenters. The van der Waals surface area contributed by atoms with Crippen LogP contribution in [0.15, 0.2) is 5.16 Å². The van der Waals surface area contributed by atoms with E-state index in [0.29, 0.717) is 6.54 Å². The zero-order valence-corrected chi connectivity index (χ0v) is 4.89. The topological polar surface area (TPSA) is 70.6 Å². The third kappa shape index (κ3) is 3.48. The van der Waals surface area contributed by atoms with E-state index in [1.54, 1.807) is 0 Å². The molecular weight excluding hydrogens is 105 g/mol. The molecule has 5 heteroatoms. The van der Waals surface area contributed by atoms with Crippen LogP contribution in [-0.2, 0) is 0 Å². The minimum absolute atomic E-state index is 0.215. The smallest absolute Gasteiger partial charge is 0.153 e. The Morgan fingerprint density at radius 2 is 2.50 bits per heavy atom. The molecule has 0 aromatic carbocycles. The van der Waals surface area contributed by atoms with Crippen molar-refractivity contribution in [3.05, 3.63) is 0 Å². The first kappa shape index (κ1) is 7.29. The lowest BCUT2D eigenvalue weighted by molar-refractivity contribution is 0.317. The Bertz CT molecular complexity index is 84.6. The number of hydrogen-bond donors (Lipinski definition) is 3. The average molecular weight is 115 g/mol. The fourth-order valence-corrected chi connectivity index (χ4v) is 0.288. The largest absolute Gasteiger partial charge is 0.409 e. The van der Waals surface area contributed by atoms with Gasteiger partial charge in [-0.05, 0) is 6.44 Å². The maximum atomic E-state index is 7.98. The van der Waals surface area contributed by atoms with Gasteiger partial charge in [0.25, 0.3) is 0 Å². The maximum absolute atomic E-state index is 7.98. The molecule has 46 valence electrons. The molecule has 0 aromatic heterocycles. The normalized spacial score (nSPS) is 11.8. The summed E-state index contributed by atoms with van der Waals surface area (Å²) in [7, 11) is 1.95. The van der Waals surface area contributed by atoms with Crippen LogP contribution < -0.4 is 11.1 Å². The minimum atomic E-state index is 0.215. The van der Waals surface area contributed by atoms with Crippen molar-refractivity contribution in [2.75, 3.05) is 13.0 Å². The van der Waals surface area contributed by atoms with E-state index in [2.05, 4.69) is 10.5 Å². The van der Waals surface area contributed by atoms with E-state index in [4.69, 9.17) is 10.9 Å². The SMILES string of the molecule is BCNC/C(N)=N/O. The summed E-state index contributed by atoms with van der Waals surface area (Å²) >= 11 is 0. The number of nitrogens with zero attached hydrogens (tertiary/aromatic N) is 1. The van der Waals surface area contributed by atoms with Gasteiger partial charge in [0.1, 0.15) is 7.85 Å². The maximum Gasteiger partial charge on any atom is 0.153 e. The van der Waals surface area contributed by atoms with Gasteiger partial charge < -0.3 is 16.3 Å². The molecule has 0 rings (SSSR count). The van der Waals surface area contributed by atoms with Gasteiger partial charge in [-0.15, -0.1) is 0 Å². The molecule has 0 saturated carbocycles. The van der Waals surface area contributed by atoms with Gasteiger partial charge in [-0.25, -0.2) is 0 Å². The van der Waals surface area contributed by atoms with Crippen molar-refractivity contribution >= 4 is 13.7 Å². The zero-order valence-electron chi connectivity index (χ0n) is 4.89. The summed E-state index contributed by atoms with van der Waals surface area (Å²) in [5, 5.41) is 13.6. The van der Waals surface area contributed by atoms with Crippen molar-refractivity contribution < 1.29 is 5.21 Å². The molecule has 0 fully saturated rings. The van der Waals surface area contributed by atoms with E-state index >= 15 is 0 Å². The zero-order chi connectivity index (χ0) is 6.41. The minimum Gasteiger partial charge on any atom is -0.409 e. The summed E-state index contributed by atoms with van der Waals surface area (Å²) in [6, 6.07) is 0. The van der Waals surface area contributed by atoms with Crippen molar-refractivity contribution in [1.29, 1.82) is 0 Å². The fraction of sp³-hybridized carbons (Fsp3) is 0.667. The summed E-state index contributed by atoms with van der Waals surface area (Å²) in [4.78, 5) is 0. The summed E-state index contributed by atoms with van der Waals surface area (Å²) < 4.78 is 0. The predicted octanol–water partition coefficient (Wildman–Crippen LogP) is -2.09. The standard InChI is InChI=1S/C3H10BN3O/c4-2-6-1-3(5)7-8/h6,8H,1-2,4H2,(H2,5,7). The highest BCUT2D eigenvalue weighted by atomic mass is 16.4. The molecule has 0 heterocycles. The Balaban J connectivity index is 3.12. The van der Waals surface area contributed by atoms with E-state index in [1.165, 1.54) is 0 Å². The highest BCUT2D eigenvalue weighted by Crippen LogP contribution is 1.58. The predicted molar refractivity (Wildman–Crippen MR) is 34.8 cm³/mol. The Morgan fingerprint density at radius 3 is 2.88 bits per heavy atom. The van der Waals surface area contributed by atoms with Gasteiger partial charge in [0, 0.05) is 0 Å². The number of nitrogens with one attached hydrogen (secondary N) is 1. The van der Waals surface area contributed by atoms with Gasteiger partial charge in [0.05, 0.1) is 6.54 Å². The van der Waals surface area contributed by atoms with Crippen LogP contribution in [0.2, 0.25) is 0 Å². The Labute approximate surface area is 49.2 Å². The highest BCUT2D eigenvalue weighted by Gasteiger charge is 1.86. The molecule has 0 aromatic rings. The molecule has 0 spiro atoms. The van der Waals surface area contributed by atoms with Crippen molar-refractivity contribution in [2.45, 2.75) is 0 Å². The van der Waals surface area contributed by atoms with Crippen LogP contribution >= 0.6 is 0 Å². The second-order valence-corrected chi connectivity index (χ2v) is 1.37. The number of rotatable bonds is 3. The lowest BCUT2D eigenvalue weighted by Gasteiger charge is -1.95. The van der Waals surface area contributed by atoms with Crippen molar-refractivity contribution in [3.63, 3.8) is 0 Å². The molecule has 0 aliphatic rings. The molecule has 0 aliphatic heterocycles. The van der Waals surface area contributed by atoms with Crippen LogP contribution in [0.25, 0.3) is 0 Å². The molecule has 0 amide bonds. The summed E-state index contributed by atoms with van der Waals surface area (Å²) in [6.45, 7) is 0.451. The Morgan fingerprint density at radius 1 is 1.88 bits per heavy atom. The van der Waals surface area contributed by atoms with Gasteiger partial charge in [0.15, 0.2) is 5.84 Å². The molecular formula is C3H10BN3O. The lowest BCUT2D eigenvalue weighted by atomic mass is 10.2. The second-order valence-electron chi connectivity index (χ2n) is 1.37. The van der Waals surface area contributed by atoms with E-state index in [1.807, 2.05) is 7.85 Å². The van der Waals surface area contributed by atoms with Crippen LogP contribution in [0.5, 0.6) is 0 Å². The summed E-state index contributed by atoms with van der Waals surface area (Å²) in [5.41, 5.74) is 5.10. The second kappa shape index (κ2) is 4.45. The van der Waals surface area contributed by atoms with Gasteiger partial charge in [0.2, 0.25) is 0 Å². The molecule has 0 bridgehead atoms. The lowest BCUT2D eigenvalue weighted by Crippen LogP contribution is -2.29. The third-order valence-electron chi connectivity index (χ3n) is 0.685. The number of hydrogen-bond acceptors (Lipinski definition) is 3. The molecule has 0 atom stereocenters. The third-order valence-corrected chi connectivity index (χ3v) is 0.685. The summed E-state index contributed by atoms with van der Waals surface area (Å²) in [5.74, 6) is 0.215. The van der Waals surface area contributed by atoms with Gasteiger partial charge in [-0.2, -0.15) is 0 Å². The van der Waals surface area contributed by atoms with Gasteiger partial charge >= 0.3 is 0 Å². The van der Waals surface area contributed by atoms with Gasteiger partial charge in [-0.1, -0.05) is 5.16 Å². The van der Waals surface area contributed by atoms with Gasteiger partial charge in [-0.3, -0.25) is 0 Å². The number of amidine groups is 1. The van der Waals surface area contributed by atoms with E-state index in [0.717, 1.165) is 6.44 Å². The van der Waals surface area contributed by atoms with Crippen LogP contribution in [0.4, 0.5) is 0 Å². The van der Waals surface area contributed by atoms with Crippen molar-refractivity contribution in [3.8, 4) is 0 Å². The molecule has 0 radical (unpaired) electrons. The summed E-state index contributed by atoms with van der Waals surface area (Å²) in [6.07, 6.45) is 0.830. The molecule has 4 N–H and O–H groups in total. The van der Waals surface area contributed by atoms with Crippen molar-refractivity contribution in [2.24, 2.45) is 10.9 Å². The first-order valence-electron chi connectivity index (χ1n) is 2.48. The molecule has 8 heavy (non-hydrogen) atoms. The number of nitrogens with two attached hydrogens (primary N) is 1. The van der Waals surface area contributed by atoms with Crippen LogP contribution in [0.3, 0.4) is 0 Å². The Kier molecular flexibility index (Phi) is 4.06. The first-order valence-corrected chi connectivity index (χ1v) is 2.48. The Hall–Kier alpha value is -0.705. The van der Waals surface area contributed by atoms with Crippen molar-refractivity contribution in [1.82, 2.24) is 5.32 Å². The molecule has 0 aliphatic carbocycles. The van der Waals surface area contributed by atoms with Crippen LogP contribution in [0, 0.1) is 0 Å². The van der Waals surface area contributed by atoms with Crippen LogP contribution in [-0.4, -0.2) is 31.9 Å².